The van der Waals surface area contributed by atoms with Gasteiger partial charge in [-0.15, -0.1) is 0 Å². The van der Waals surface area contributed by atoms with Crippen LogP contribution in [0, 0.1) is 9.49 Å². The van der Waals surface area contributed by atoms with Crippen LogP contribution in [0.5, 0.6) is 0 Å². The highest BCUT2D eigenvalue weighted by Gasteiger charge is 2.28. The summed E-state index contributed by atoms with van der Waals surface area (Å²) in [6, 6.07) is 6.23. The number of piperidine rings is 1. The Morgan fingerprint density at radius 2 is 2.11 bits per heavy atom. The number of carbonyl (C=O) groups excluding carboxylic acids is 1. The summed E-state index contributed by atoms with van der Waals surface area (Å²) < 4.78 is 1.98. The van der Waals surface area contributed by atoms with Crippen LogP contribution in [0.3, 0.4) is 0 Å². The Balaban J connectivity index is 2.27. The molecule has 1 saturated heterocycles. The third kappa shape index (κ3) is 3.07. The summed E-state index contributed by atoms with van der Waals surface area (Å²) in [6.07, 6.45) is 2.33. The minimum atomic E-state index is 0.166. The highest BCUT2D eigenvalue weighted by Crippen LogP contribution is 2.26. The molecule has 4 heteroatoms. The number of benzene rings is 1. The molecular weight excluding hydrogens is 405 g/mol. The molecule has 0 spiro atoms. The van der Waals surface area contributed by atoms with Crippen LogP contribution in [0.15, 0.2) is 22.7 Å². The van der Waals surface area contributed by atoms with E-state index in [-0.39, 0.29) is 5.91 Å². The fraction of sp³-hybridized carbons (Fsp3) is 0.500. The molecule has 1 fully saturated rings. The summed E-state index contributed by atoms with van der Waals surface area (Å²) in [5.41, 5.74) is 0.811. The number of halogens is 2. The number of rotatable bonds is 1. The molecule has 2 rings (SSSR count). The van der Waals surface area contributed by atoms with Gasteiger partial charge in [-0.25, -0.2) is 0 Å². The van der Waals surface area contributed by atoms with Crippen molar-refractivity contribution in [2.75, 3.05) is 6.54 Å². The van der Waals surface area contributed by atoms with Crippen molar-refractivity contribution in [3.63, 3.8) is 0 Å². The van der Waals surface area contributed by atoms with Crippen LogP contribution in [0.4, 0.5) is 0 Å². The van der Waals surface area contributed by atoms with Gasteiger partial charge in [-0.2, -0.15) is 0 Å². The molecule has 2 nitrogen and oxygen atoms in total. The average Bonchev–Trinajstić information content (AvgIpc) is 2.34. The molecule has 18 heavy (non-hydrogen) atoms. The predicted octanol–water partition coefficient (Wildman–Crippen LogP) is 4.31. The molecule has 98 valence electrons. The van der Waals surface area contributed by atoms with E-state index in [9.17, 15) is 4.79 Å². The van der Waals surface area contributed by atoms with Crippen LogP contribution < -0.4 is 0 Å². The first-order valence-electron chi connectivity index (χ1n) is 6.25. The minimum absolute atomic E-state index is 0.166. The molecule has 1 aliphatic rings. The Morgan fingerprint density at radius 1 is 1.39 bits per heavy atom. The predicted molar refractivity (Wildman–Crippen MR) is 85.8 cm³/mol. The quantitative estimate of drug-likeness (QED) is 0.618. The standard InChI is InChI=1S/C14H17BrINO/c1-9-3-4-10(2)17(8-9)14(18)12-7-11(15)5-6-13(12)16/h5-7,9-10H,3-4,8H2,1-2H3. The van der Waals surface area contributed by atoms with Crippen LogP contribution in [0.2, 0.25) is 0 Å². The molecule has 0 aliphatic carbocycles. The molecule has 1 amide bonds. The molecule has 0 bridgehead atoms. The number of hydrogen-bond donors (Lipinski definition) is 0. The summed E-state index contributed by atoms with van der Waals surface area (Å²) in [5.74, 6) is 0.773. The van der Waals surface area contributed by atoms with Gasteiger partial charge in [0.2, 0.25) is 0 Å². The summed E-state index contributed by atoms with van der Waals surface area (Å²) in [5, 5.41) is 0. The molecular formula is C14H17BrINO. The fourth-order valence-corrected chi connectivity index (χ4v) is 3.32. The second-order valence-electron chi connectivity index (χ2n) is 5.11. The SMILES string of the molecule is CC1CCC(C)N(C(=O)c2cc(Br)ccc2I)C1. The van der Waals surface area contributed by atoms with E-state index in [0.29, 0.717) is 12.0 Å². The van der Waals surface area contributed by atoms with Crippen LogP contribution in [0.25, 0.3) is 0 Å². The maximum absolute atomic E-state index is 12.6. The van der Waals surface area contributed by atoms with Gasteiger partial charge in [0.1, 0.15) is 0 Å². The lowest BCUT2D eigenvalue weighted by Crippen LogP contribution is -2.45. The summed E-state index contributed by atoms with van der Waals surface area (Å²) in [7, 11) is 0. The van der Waals surface area contributed by atoms with Crippen LogP contribution in [0.1, 0.15) is 37.0 Å². The first kappa shape index (κ1) is 14.3. The highest BCUT2D eigenvalue weighted by molar-refractivity contribution is 14.1. The fourth-order valence-electron chi connectivity index (χ4n) is 2.39. The zero-order valence-corrected chi connectivity index (χ0v) is 14.4. The van der Waals surface area contributed by atoms with Crippen molar-refractivity contribution in [2.45, 2.75) is 32.7 Å². The van der Waals surface area contributed by atoms with Gasteiger partial charge >= 0.3 is 0 Å². The molecule has 0 radical (unpaired) electrons. The Morgan fingerprint density at radius 3 is 2.83 bits per heavy atom. The van der Waals surface area contributed by atoms with E-state index < -0.39 is 0 Å². The Bertz CT molecular complexity index is 463. The molecule has 0 N–H and O–H groups in total. The van der Waals surface area contributed by atoms with E-state index in [4.69, 9.17) is 0 Å². The summed E-state index contributed by atoms with van der Waals surface area (Å²) >= 11 is 5.67. The first-order chi connectivity index (χ1) is 8.49. The van der Waals surface area contributed by atoms with Gasteiger partial charge in [-0.1, -0.05) is 22.9 Å². The minimum Gasteiger partial charge on any atom is -0.336 e. The second kappa shape index (κ2) is 5.90. The van der Waals surface area contributed by atoms with Gasteiger partial charge in [0.25, 0.3) is 5.91 Å². The first-order valence-corrected chi connectivity index (χ1v) is 8.12. The normalized spacial score (nSPS) is 24.1. The maximum Gasteiger partial charge on any atom is 0.255 e. The van der Waals surface area contributed by atoms with Gasteiger partial charge in [0, 0.05) is 20.6 Å². The van der Waals surface area contributed by atoms with Crippen molar-refractivity contribution in [1.82, 2.24) is 4.90 Å². The van der Waals surface area contributed by atoms with Crippen molar-refractivity contribution in [1.29, 1.82) is 0 Å². The zero-order valence-electron chi connectivity index (χ0n) is 10.6. The van der Waals surface area contributed by atoms with E-state index in [1.54, 1.807) is 0 Å². The largest absolute Gasteiger partial charge is 0.336 e. The average molecular weight is 422 g/mol. The number of likely N-dealkylation sites (tertiary alicyclic amines) is 1. The topological polar surface area (TPSA) is 20.3 Å². The molecule has 1 aromatic rings. The molecule has 0 saturated carbocycles. The van der Waals surface area contributed by atoms with Crippen LogP contribution in [-0.4, -0.2) is 23.4 Å². The second-order valence-corrected chi connectivity index (χ2v) is 7.19. The van der Waals surface area contributed by atoms with Crippen LogP contribution in [-0.2, 0) is 0 Å². The van der Waals surface area contributed by atoms with Gasteiger partial charge < -0.3 is 4.90 Å². The van der Waals surface area contributed by atoms with Gasteiger partial charge in [0.05, 0.1) is 5.56 Å². The highest BCUT2D eigenvalue weighted by atomic mass is 127. The van der Waals surface area contributed by atoms with E-state index >= 15 is 0 Å². The van der Waals surface area contributed by atoms with Crippen molar-refractivity contribution in [3.05, 3.63) is 31.8 Å². The van der Waals surface area contributed by atoms with E-state index in [1.165, 1.54) is 6.42 Å². The monoisotopic (exact) mass is 421 g/mol. The van der Waals surface area contributed by atoms with Crippen molar-refractivity contribution < 1.29 is 4.79 Å². The van der Waals surface area contributed by atoms with Crippen molar-refractivity contribution >= 4 is 44.4 Å². The van der Waals surface area contributed by atoms with Gasteiger partial charge in [-0.05, 0) is 66.5 Å². The Labute approximate surface area is 130 Å². The number of hydrogen-bond acceptors (Lipinski definition) is 1. The molecule has 2 atom stereocenters. The lowest BCUT2D eigenvalue weighted by atomic mass is 9.94. The third-order valence-corrected chi connectivity index (χ3v) is 4.97. The number of nitrogens with zero attached hydrogens (tertiary/aromatic N) is 1. The van der Waals surface area contributed by atoms with E-state index in [0.717, 1.165) is 26.6 Å². The van der Waals surface area contributed by atoms with Gasteiger partial charge in [0.15, 0.2) is 0 Å². The van der Waals surface area contributed by atoms with E-state index in [1.807, 2.05) is 23.1 Å². The maximum atomic E-state index is 12.6. The van der Waals surface area contributed by atoms with Crippen molar-refractivity contribution in [2.24, 2.45) is 5.92 Å². The summed E-state index contributed by atoms with van der Waals surface area (Å²) in [6.45, 7) is 5.25. The van der Waals surface area contributed by atoms with E-state index in [2.05, 4.69) is 52.4 Å². The lowest BCUT2D eigenvalue weighted by molar-refractivity contribution is 0.0573. The lowest BCUT2D eigenvalue weighted by Gasteiger charge is -2.37. The molecule has 1 heterocycles. The Hall–Kier alpha value is -0.100. The molecule has 0 aromatic heterocycles. The number of amides is 1. The summed E-state index contributed by atoms with van der Waals surface area (Å²) in [4.78, 5) is 14.7. The van der Waals surface area contributed by atoms with Gasteiger partial charge in [-0.3, -0.25) is 4.79 Å². The van der Waals surface area contributed by atoms with Crippen molar-refractivity contribution in [3.8, 4) is 0 Å². The Kier molecular flexibility index (Phi) is 4.69. The molecule has 2 unspecified atom stereocenters. The van der Waals surface area contributed by atoms with Crippen LogP contribution >= 0.6 is 38.5 Å². The number of carbonyl (C=O) groups is 1. The molecule has 1 aromatic carbocycles. The molecule has 1 aliphatic heterocycles. The smallest absolute Gasteiger partial charge is 0.255 e. The zero-order chi connectivity index (χ0) is 13.3. The third-order valence-electron chi connectivity index (χ3n) is 3.54.